The molecule has 18 heavy (non-hydrogen) atoms. The summed E-state index contributed by atoms with van der Waals surface area (Å²) < 4.78 is 12.9. The van der Waals surface area contributed by atoms with Crippen molar-refractivity contribution in [1.29, 1.82) is 0 Å². The number of likely N-dealkylation sites (tertiary alicyclic amines) is 1. The molecule has 1 fully saturated rings. The number of amides is 1. The molecule has 1 aliphatic rings. The van der Waals surface area contributed by atoms with Crippen molar-refractivity contribution in [1.82, 2.24) is 4.90 Å². The number of hydrogen-bond donors (Lipinski definition) is 2. The van der Waals surface area contributed by atoms with Gasteiger partial charge in [-0.2, -0.15) is 0 Å². The normalized spacial score (nSPS) is 28.3. The Labute approximate surface area is 106 Å². The van der Waals surface area contributed by atoms with Gasteiger partial charge in [0, 0.05) is 18.3 Å². The largest absolute Gasteiger partial charge is 0.370 e. The first-order valence-electron chi connectivity index (χ1n) is 5.97. The van der Waals surface area contributed by atoms with E-state index in [4.69, 9.17) is 5.73 Å². The second kappa shape index (κ2) is 4.57. The monoisotopic (exact) mass is 251 g/mol. The second-order valence-electron chi connectivity index (χ2n) is 5.05. The Morgan fingerprint density at radius 2 is 2.11 bits per heavy atom. The lowest BCUT2D eigenvalue weighted by atomic mass is 9.95. The summed E-state index contributed by atoms with van der Waals surface area (Å²) in [6, 6.07) is 6.23. The van der Waals surface area contributed by atoms with Gasteiger partial charge in [0.1, 0.15) is 11.4 Å². The number of primary amides is 1. The molecule has 0 aromatic heterocycles. The molecular weight excluding hydrogens is 233 g/mol. The molecular formula is C13H18FN3O. The van der Waals surface area contributed by atoms with Crippen molar-refractivity contribution in [3.05, 3.63) is 30.1 Å². The highest BCUT2D eigenvalue weighted by molar-refractivity contribution is 5.89. The number of nitrogens with zero attached hydrogens (tertiary/aromatic N) is 1. The van der Waals surface area contributed by atoms with Gasteiger partial charge in [-0.1, -0.05) is 0 Å². The Morgan fingerprint density at radius 3 is 2.56 bits per heavy atom. The molecule has 4 nitrogen and oxygen atoms in total. The standard InChI is InChI=1S/C13H18FN3O/c1-9-7-13(12(15)18,8-17(9)2)16-11-5-3-10(14)4-6-11/h3-6,9,16H,7-8H2,1-2H3,(H2,15,18). The van der Waals surface area contributed by atoms with Crippen LogP contribution < -0.4 is 11.1 Å². The first-order valence-corrected chi connectivity index (χ1v) is 5.97. The Bertz CT molecular complexity index is 436. The van der Waals surface area contributed by atoms with E-state index < -0.39 is 5.54 Å². The highest BCUT2D eigenvalue weighted by atomic mass is 19.1. The molecule has 0 bridgehead atoms. The number of carbonyl (C=O) groups is 1. The van der Waals surface area contributed by atoms with Crippen LogP contribution in [0.15, 0.2) is 24.3 Å². The Balaban J connectivity index is 2.22. The highest BCUT2D eigenvalue weighted by Crippen LogP contribution is 2.29. The lowest BCUT2D eigenvalue weighted by molar-refractivity contribution is -0.121. The van der Waals surface area contributed by atoms with E-state index in [0.29, 0.717) is 18.7 Å². The van der Waals surface area contributed by atoms with E-state index in [1.165, 1.54) is 12.1 Å². The number of hydrogen-bond acceptors (Lipinski definition) is 3. The minimum atomic E-state index is -0.772. The maximum Gasteiger partial charge on any atom is 0.244 e. The third kappa shape index (κ3) is 2.31. The molecule has 5 heteroatoms. The molecule has 1 aromatic rings. The minimum Gasteiger partial charge on any atom is -0.370 e. The molecule has 1 amide bonds. The van der Waals surface area contributed by atoms with Crippen molar-refractivity contribution in [2.24, 2.45) is 5.73 Å². The van der Waals surface area contributed by atoms with Crippen molar-refractivity contribution < 1.29 is 9.18 Å². The van der Waals surface area contributed by atoms with Gasteiger partial charge in [0.05, 0.1) is 0 Å². The molecule has 98 valence electrons. The predicted octanol–water partition coefficient (Wildman–Crippen LogP) is 1.19. The number of carbonyl (C=O) groups excluding carboxylic acids is 1. The van der Waals surface area contributed by atoms with Gasteiger partial charge in [0.15, 0.2) is 0 Å². The molecule has 2 atom stereocenters. The summed E-state index contributed by atoms with van der Waals surface area (Å²) in [5, 5.41) is 3.16. The van der Waals surface area contributed by atoms with E-state index in [2.05, 4.69) is 17.1 Å². The van der Waals surface area contributed by atoms with E-state index in [9.17, 15) is 9.18 Å². The van der Waals surface area contributed by atoms with Crippen LogP contribution >= 0.6 is 0 Å². The van der Waals surface area contributed by atoms with Crippen LogP contribution in [0.1, 0.15) is 13.3 Å². The van der Waals surface area contributed by atoms with Gasteiger partial charge in [0.2, 0.25) is 5.91 Å². The van der Waals surface area contributed by atoms with Crippen molar-refractivity contribution >= 4 is 11.6 Å². The third-order valence-corrected chi connectivity index (χ3v) is 3.62. The summed E-state index contributed by atoms with van der Waals surface area (Å²) >= 11 is 0. The summed E-state index contributed by atoms with van der Waals surface area (Å²) in [6.45, 7) is 2.61. The fourth-order valence-corrected chi connectivity index (χ4v) is 2.45. The van der Waals surface area contributed by atoms with Crippen LogP contribution in [0.4, 0.5) is 10.1 Å². The number of benzene rings is 1. The lowest BCUT2D eigenvalue weighted by Gasteiger charge is -2.28. The Kier molecular flexibility index (Phi) is 3.26. The fourth-order valence-electron chi connectivity index (χ4n) is 2.45. The van der Waals surface area contributed by atoms with E-state index in [1.54, 1.807) is 12.1 Å². The van der Waals surface area contributed by atoms with Crippen molar-refractivity contribution in [2.75, 3.05) is 18.9 Å². The van der Waals surface area contributed by atoms with Gasteiger partial charge in [-0.25, -0.2) is 4.39 Å². The lowest BCUT2D eigenvalue weighted by Crippen LogP contribution is -2.52. The smallest absolute Gasteiger partial charge is 0.244 e. The molecule has 3 N–H and O–H groups in total. The molecule has 2 rings (SSSR count). The van der Waals surface area contributed by atoms with Gasteiger partial charge in [-0.3, -0.25) is 4.79 Å². The highest BCUT2D eigenvalue weighted by Gasteiger charge is 2.45. The number of nitrogens with two attached hydrogens (primary N) is 1. The summed E-state index contributed by atoms with van der Waals surface area (Å²) in [4.78, 5) is 13.8. The molecule has 1 aromatic carbocycles. The van der Waals surface area contributed by atoms with Crippen LogP contribution in [0.2, 0.25) is 0 Å². The van der Waals surface area contributed by atoms with Crippen molar-refractivity contribution in [3.63, 3.8) is 0 Å². The first kappa shape index (κ1) is 12.8. The number of nitrogens with one attached hydrogen (secondary N) is 1. The zero-order valence-corrected chi connectivity index (χ0v) is 10.6. The van der Waals surface area contributed by atoms with Gasteiger partial charge in [-0.05, 0) is 44.7 Å². The Morgan fingerprint density at radius 1 is 1.50 bits per heavy atom. The zero-order valence-electron chi connectivity index (χ0n) is 10.6. The van der Waals surface area contributed by atoms with Crippen molar-refractivity contribution in [3.8, 4) is 0 Å². The number of likely N-dealkylation sites (N-methyl/N-ethyl adjacent to an activating group) is 1. The zero-order chi connectivity index (χ0) is 13.3. The predicted molar refractivity (Wildman–Crippen MR) is 68.7 cm³/mol. The maximum absolute atomic E-state index is 12.9. The summed E-state index contributed by atoms with van der Waals surface area (Å²) in [6.07, 6.45) is 0.649. The second-order valence-corrected chi connectivity index (χ2v) is 5.05. The SMILES string of the molecule is CC1CC(Nc2ccc(F)cc2)(C(N)=O)CN1C. The number of rotatable bonds is 3. The molecule has 1 saturated heterocycles. The van der Waals surface area contributed by atoms with Crippen LogP contribution in [-0.2, 0) is 4.79 Å². The molecule has 0 aliphatic carbocycles. The topological polar surface area (TPSA) is 58.4 Å². The first-order chi connectivity index (χ1) is 8.43. The van der Waals surface area contributed by atoms with E-state index >= 15 is 0 Å². The Hall–Kier alpha value is -1.62. The van der Waals surface area contributed by atoms with E-state index in [0.717, 1.165) is 0 Å². The van der Waals surface area contributed by atoms with Gasteiger partial charge < -0.3 is 16.0 Å². The van der Waals surface area contributed by atoms with Gasteiger partial charge in [0.25, 0.3) is 0 Å². The quantitative estimate of drug-likeness (QED) is 0.848. The van der Waals surface area contributed by atoms with Crippen LogP contribution in [-0.4, -0.2) is 36.0 Å². The summed E-state index contributed by atoms with van der Waals surface area (Å²) in [5.41, 5.74) is 5.47. The van der Waals surface area contributed by atoms with Crippen LogP contribution in [0, 0.1) is 5.82 Å². The summed E-state index contributed by atoms with van der Waals surface area (Å²) in [5.74, 6) is -0.673. The fraction of sp³-hybridized carbons (Fsp3) is 0.462. The molecule has 1 aliphatic heterocycles. The molecule has 2 unspecified atom stereocenters. The van der Waals surface area contributed by atoms with Crippen LogP contribution in [0.3, 0.4) is 0 Å². The number of halogens is 1. The maximum atomic E-state index is 12.9. The number of anilines is 1. The average molecular weight is 251 g/mol. The van der Waals surface area contributed by atoms with Crippen LogP contribution in [0.25, 0.3) is 0 Å². The molecule has 0 radical (unpaired) electrons. The minimum absolute atomic E-state index is 0.283. The summed E-state index contributed by atoms with van der Waals surface area (Å²) in [7, 11) is 1.96. The third-order valence-electron chi connectivity index (χ3n) is 3.62. The van der Waals surface area contributed by atoms with Gasteiger partial charge in [-0.15, -0.1) is 0 Å². The molecule has 1 heterocycles. The van der Waals surface area contributed by atoms with Crippen molar-refractivity contribution in [2.45, 2.75) is 24.9 Å². The average Bonchev–Trinajstić information content (AvgIpc) is 2.59. The van der Waals surface area contributed by atoms with Gasteiger partial charge >= 0.3 is 0 Å². The van der Waals surface area contributed by atoms with Crippen LogP contribution in [0.5, 0.6) is 0 Å². The molecule has 0 spiro atoms. The van der Waals surface area contributed by atoms with E-state index in [-0.39, 0.29) is 17.8 Å². The molecule has 0 saturated carbocycles. The van der Waals surface area contributed by atoms with E-state index in [1.807, 2.05) is 7.05 Å².